The van der Waals surface area contributed by atoms with Crippen LogP contribution in [0.4, 0.5) is 0 Å². The molecule has 0 aromatic heterocycles. The van der Waals surface area contributed by atoms with Gasteiger partial charge in [-0.15, -0.1) is 0 Å². The van der Waals surface area contributed by atoms with Gasteiger partial charge in [-0.2, -0.15) is 0 Å². The van der Waals surface area contributed by atoms with E-state index in [-0.39, 0.29) is 17.1 Å². The number of carbonyl (C=O) groups is 1. The number of hydrogen-bond acceptors (Lipinski definition) is 4. The van der Waals surface area contributed by atoms with Crippen molar-refractivity contribution in [1.29, 1.82) is 0 Å². The van der Waals surface area contributed by atoms with E-state index in [2.05, 4.69) is 0 Å². The molecule has 14 heavy (non-hydrogen) atoms. The third-order valence-electron chi connectivity index (χ3n) is 2.48. The maximum atomic E-state index is 11.1. The minimum Gasteiger partial charge on any atom is -0.511 e. The predicted molar refractivity (Wildman–Crippen MR) is 50.8 cm³/mol. The van der Waals surface area contributed by atoms with E-state index in [0.29, 0.717) is 0 Å². The minimum absolute atomic E-state index is 0.0483. The normalized spacial score (nSPS) is 26.0. The summed E-state index contributed by atoms with van der Waals surface area (Å²) in [5.41, 5.74) is -1.05. The predicted octanol–water partition coefficient (Wildman–Crippen LogP) is 1.23. The van der Waals surface area contributed by atoms with Crippen LogP contribution in [0.15, 0.2) is 23.2 Å². The van der Waals surface area contributed by atoms with Gasteiger partial charge in [-0.1, -0.05) is 0 Å². The molecule has 0 radical (unpaired) electrons. The Balaban J connectivity index is 3.30. The van der Waals surface area contributed by atoms with Gasteiger partial charge in [0.25, 0.3) is 0 Å². The monoisotopic (exact) mass is 198 g/mol. The summed E-state index contributed by atoms with van der Waals surface area (Å²) in [5.74, 6) is -0.795. The molecule has 78 valence electrons. The molecule has 0 aromatic rings. The highest BCUT2D eigenvalue weighted by molar-refractivity contribution is 5.95. The summed E-state index contributed by atoms with van der Waals surface area (Å²) in [7, 11) is 0. The molecule has 1 unspecified atom stereocenters. The molecule has 0 aromatic carbocycles. The Hall–Kier alpha value is -1.29. The summed E-state index contributed by atoms with van der Waals surface area (Å²) in [6.45, 7) is 4.41. The Morgan fingerprint density at radius 1 is 1.43 bits per heavy atom. The smallest absolute Gasteiger partial charge is 0.162 e. The Bertz CT molecular complexity index is 336. The van der Waals surface area contributed by atoms with Crippen LogP contribution in [-0.4, -0.2) is 27.2 Å². The summed E-state index contributed by atoms with van der Waals surface area (Å²) >= 11 is 0. The van der Waals surface area contributed by atoms with Crippen molar-refractivity contribution in [1.82, 2.24) is 0 Å². The molecule has 0 amide bonds. The van der Waals surface area contributed by atoms with E-state index in [0.717, 1.165) is 6.08 Å². The lowest BCUT2D eigenvalue weighted by molar-refractivity contribution is -0.114. The molecule has 0 spiro atoms. The van der Waals surface area contributed by atoms with Gasteiger partial charge in [-0.25, -0.2) is 0 Å². The van der Waals surface area contributed by atoms with Crippen LogP contribution in [0.3, 0.4) is 0 Å². The van der Waals surface area contributed by atoms with Crippen LogP contribution < -0.4 is 0 Å². The average molecular weight is 198 g/mol. The summed E-state index contributed by atoms with van der Waals surface area (Å²) < 4.78 is 0. The lowest BCUT2D eigenvalue weighted by Gasteiger charge is -2.30. The number of aliphatic hydroxyl groups excluding tert-OH is 3. The number of rotatable bonds is 1. The Labute approximate surface area is 82.2 Å². The fourth-order valence-electron chi connectivity index (χ4n) is 1.41. The van der Waals surface area contributed by atoms with Crippen molar-refractivity contribution in [2.24, 2.45) is 5.41 Å². The van der Waals surface area contributed by atoms with E-state index in [1.165, 1.54) is 6.92 Å². The van der Waals surface area contributed by atoms with Gasteiger partial charge in [-0.3, -0.25) is 4.79 Å². The van der Waals surface area contributed by atoms with E-state index < -0.39 is 17.3 Å². The van der Waals surface area contributed by atoms with Gasteiger partial charge in [-0.05, 0) is 26.8 Å². The molecule has 4 heteroatoms. The highest BCUT2D eigenvalue weighted by atomic mass is 16.3. The molecule has 0 bridgehead atoms. The van der Waals surface area contributed by atoms with Crippen LogP contribution in [0, 0.1) is 5.41 Å². The van der Waals surface area contributed by atoms with Gasteiger partial charge in [0.2, 0.25) is 0 Å². The van der Waals surface area contributed by atoms with Gasteiger partial charge in [0.05, 0.1) is 11.0 Å². The molecule has 1 aliphatic rings. The van der Waals surface area contributed by atoms with Crippen LogP contribution in [0.1, 0.15) is 20.8 Å². The zero-order valence-corrected chi connectivity index (χ0v) is 8.40. The second-order valence-electron chi connectivity index (χ2n) is 3.94. The molecule has 0 saturated carbocycles. The van der Waals surface area contributed by atoms with Crippen molar-refractivity contribution < 1.29 is 20.1 Å². The first-order valence-electron chi connectivity index (χ1n) is 4.32. The average Bonchev–Trinajstić information content (AvgIpc) is 2.00. The third kappa shape index (κ3) is 1.42. The number of aliphatic hydroxyl groups is 3. The van der Waals surface area contributed by atoms with E-state index in [1.54, 1.807) is 13.8 Å². The zero-order chi connectivity index (χ0) is 11.1. The van der Waals surface area contributed by atoms with Crippen LogP contribution in [0.25, 0.3) is 0 Å². The number of Topliss-reactive ketones (excluding diaryl/α,β-unsaturated/α-hetero) is 1. The molecule has 1 aliphatic carbocycles. The van der Waals surface area contributed by atoms with Crippen LogP contribution >= 0.6 is 0 Å². The summed E-state index contributed by atoms with van der Waals surface area (Å²) in [4.78, 5) is 11.1. The first-order valence-corrected chi connectivity index (χ1v) is 4.32. The van der Waals surface area contributed by atoms with Crippen molar-refractivity contribution in [3.63, 3.8) is 0 Å². The zero-order valence-electron chi connectivity index (χ0n) is 8.40. The lowest BCUT2D eigenvalue weighted by Crippen LogP contribution is -2.31. The highest BCUT2D eigenvalue weighted by Gasteiger charge is 2.38. The van der Waals surface area contributed by atoms with E-state index in [1.807, 2.05) is 0 Å². The fraction of sp³-hybridized carbons (Fsp3) is 0.500. The van der Waals surface area contributed by atoms with E-state index in [4.69, 9.17) is 0 Å². The van der Waals surface area contributed by atoms with Crippen molar-refractivity contribution in [3.05, 3.63) is 23.2 Å². The highest BCUT2D eigenvalue weighted by Crippen LogP contribution is 2.38. The lowest BCUT2D eigenvalue weighted by atomic mass is 9.79. The third-order valence-corrected chi connectivity index (χ3v) is 2.48. The van der Waals surface area contributed by atoms with Gasteiger partial charge in [0, 0.05) is 0 Å². The molecule has 1 rings (SSSR count). The first-order chi connectivity index (χ1) is 6.28. The molecule has 0 heterocycles. The topological polar surface area (TPSA) is 77.8 Å². The molecular formula is C10H14O4. The quantitative estimate of drug-likeness (QED) is 0.592. The number of hydrogen-bond donors (Lipinski definition) is 3. The van der Waals surface area contributed by atoms with E-state index >= 15 is 0 Å². The maximum Gasteiger partial charge on any atom is 0.162 e. The SMILES string of the molecule is CC(=O)C1=C(O)C(C)(C)C(O)=CC1O. The van der Waals surface area contributed by atoms with Crippen molar-refractivity contribution >= 4 is 5.78 Å². The van der Waals surface area contributed by atoms with Crippen molar-refractivity contribution in [2.75, 3.05) is 0 Å². The second kappa shape index (κ2) is 3.13. The Morgan fingerprint density at radius 2 is 1.93 bits per heavy atom. The van der Waals surface area contributed by atoms with E-state index in [9.17, 15) is 20.1 Å². The standard InChI is InChI=1S/C10H14O4/c1-5(11)8-6(12)4-7(13)10(2,3)9(8)14/h4,6,12-14H,1-3H3. The molecule has 3 N–H and O–H groups in total. The number of ketones is 1. The van der Waals surface area contributed by atoms with Gasteiger partial charge < -0.3 is 15.3 Å². The Kier molecular flexibility index (Phi) is 2.41. The summed E-state index contributed by atoms with van der Waals surface area (Å²) in [5, 5.41) is 28.6. The largest absolute Gasteiger partial charge is 0.511 e. The fourth-order valence-corrected chi connectivity index (χ4v) is 1.41. The second-order valence-corrected chi connectivity index (χ2v) is 3.94. The molecule has 0 fully saturated rings. The van der Waals surface area contributed by atoms with Gasteiger partial charge in [0.1, 0.15) is 17.6 Å². The van der Waals surface area contributed by atoms with Crippen LogP contribution in [-0.2, 0) is 4.79 Å². The van der Waals surface area contributed by atoms with Gasteiger partial charge >= 0.3 is 0 Å². The molecule has 0 saturated heterocycles. The van der Waals surface area contributed by atoms with Gasteiger partial charge in [0.15, 0.2) is 5.78 Å². The molecule has 4 nitrogen and oxygen atoms in total. The maximum absolute atomic E-state index is 11.1. The summed E-state index contributed by atoms with van der Waals surface area (Å²) in [6.07, 6.45) is -0.0586. The Morgan fingerprint density at radius 3 is 2.36 bits per heavy atom. The van der Waals surface area contributed by atoms with Crippen molar-refractivity contribution in [2.45, 2.75) is 26.9 Å². The van der Waals surface area contributed by atoms with Crippen LogP contribution in [0.2, 0.25) is 0 Å². The molecular weight excluding hydrogens is 184 g/mol. The molecule has 1 atom stereocenters. The van der Waals surface area contributed by atoms with Crippen molar-refractivity contribution in [3.8, 4) is 0 Å². The van der Waals surface area contributed by atoms with Crippen LogP contribution in [0.5, 0.6) is 0 Å². The molecule has 0 aliphatic heterocycles. The summed E-state index contributed by atoms with van der Waals surface area (Å²) in [6, 6.07) is 0. The number of carbonyl (C=O) groups excluding carboxylic acids is 1. The first kappa shape index (κ1) is 10.8. The minimum atomic E-state index is -1.22.